The Labute approximate surface area is 140 Å². The predicted octanol–water partition coefficient (Wildman–Crippen LogP) is 3.20. The molecule has 3 heteroatoms. The van der Waals surface area contributed by atoms with Gasteiger partial charge in [-0.15, -0.1) is 6.58 Å². The highest BCUT2D eigenvalue weighted by molar-refractivity contribution is 5.33. The molecule has 0 spiro atoms. The second-order valence-corrected chi connectivity index (χ2v) is 9.01. The minimum absolute atomic E-state index is 0.0710. The minimum Gasteiger partial charge on any atom is -0.396 e. The number of aliphatic hydroxyl groups excluding tert-OH is 3. The monoisotopic (exact) mass is 320 g/mol. The van der Waals surface area contributed by atoms with Crippen LogP contribution >= 0.6 is 0 Å². The molecule has 6 atom stereocenters. The van der Waals surface area contributed by atoms with Gasteiger partial charge in [0.25, 0.3) is 0 Å². The van der Waals surface area contributed by atoms with Crippen LogP contribution in [0.15, 0.2) is 23.8 Å². The SMILES string of the molecule is C=C[C@]1(C)CCC2=C(CC[C@@H]3[C@]2(C)CC(O)C(O)[C@@]3(C)CO)C1. The Balaban J connectivity index is 2.03. The first-order valence-corrected chi connectivity index (χ1v) is 9.02. The lowest BCUT2D eigenvalue weighted by Gasteiger charge is -2.60. The van der Waals surface area contributed by atoms with Gasteiger partial charge < -0.3 is 15.3 Å². The average Bonchev–Trinajstić information content (AvgIpc) is 2.52. The largest absolute Gasteiger partial charge is 0.396 e. The molecule has 3 aliphatic carbocycles. The smallest absolute Gasteiger partial charge is 0.0877 e. The van der Waals surface area contributed by atoms with Crippen LogP contribution in [0.1, 0.15) is 59.3 Å². The Morgan fingerprint density at radius 1 is 1.22 bits per heavy atom. The molecule has 3 N–H and O–H groups in total. The van der Waals surface area contributed by atoms with Crippen LogP contribution in [0.2, 0.25) is 0 Å². The Morgan fingerprint density at radius 3 is 2.52 bits per heavy atom. The molecule has 2 unspecified atom stereocenters. The lowest BCUT2D eigenvalue weighted by atomic mass is 9.46. The molecule has 3 aliphatic rings. The van der Waals surface area contributed by atoms with E-state index in [2.05, 4.69) is 26.5 Å². The Kier molecular flexibility index (Phi) is 4.06. The van der Waals surface area contributed by atoms with Crippen LogP contribution in [-0.4, -0.2) is 34.1 Å². The quantitative estimate of drug-likeness (QED) is 0.685. The molecule has 1 saturated carbocycles. The lowest BCUT2D eigenvalue weighted by molar-refractivity contribution is -0.178. The van der Waals surface area contributed by atoms with E-state index in [9.17, 15) is 15.3 Å². The van der Waals surface area contributed by atoms with Gasteiger partial charge in [-0.05, 0) is 55.3 Å². The molecule has 3 rings (SSSR count). The summed E-state index contributed by atoms with van der Waals surface area (Å²) in [6.45, 7) is 10.4. The molecule has 1 fully saturated rings. The van der Waals surface area contributed by atoms with Gasteiger partial charge in [0.1, 0.15) is 0 Å². The Hall–Kier alpha value is -0.640. The molecule has 23 heavy (non-hydrogen) atoms. The van der Waals surface area contributed by atoms with E-state index in [1.807, 2.05) is 6.92 Å². The fraction of sp³-hybridized carbons (Fsp3) is 0.800. The van der Waals surface area contributed by atoms with Crippen LogP contribution in [0.25, 0.3) is 0 Å². The molecule has 0 amide bonds. The maximum absolute atomic E-state index is 10.5. The molecule has 0 bridgehead atoms. The number of rotatable bonds is 2. The van der Waals surface area contributed by atoms with E-state index < -0.39 is 17.6 Å². The normalized spacial score (nSPS) is 50.3. The fourth-order valence-corrected chi connectivity index (χ4v) is 5.94. The number of hydrogen-bond acceptors (Lipinski definition) is 3. The highest BCUT2D eigenvalue weighted by Crippen LogP contribution is 2.62. The molecule has 0 saturated heterocycles. The van der Waals surface area contributed by atoms with Crippen molar-refractivity contribution >= 4 is 0 Å². The first-order valence-electron chi connectivity index (χ1n) is 9.02. The number of hydrogen-bond donors (Lipinski definition) is 3. The van der Waals surface area contributed by atoms with Crippen LogP contribution < -0.4 is 0 Å². The average molecular weight is 320 g/mol. The molecule has 0 radical (unpaired) electrons. The highest BCUT2D eigenvalue weighted by atomic mass is 16.3. The number of aliphatic hydroxyl groups is 3. The van der Waals surface area contributed by atoms with Gasteiger partial charge in [-0.1, -0.05) is 38.0 Å². The summed E-state index contributed by atoms with van der Waals surface area (Å²) in [7, 11) is 0. The van der Waals surface area contributed by atoms with Gasteiger partial charge in [0.2, 0.25) is 0 Å². The zero-order chi connectivity index (χ0) is 17.0. The van der Waals surface area contributed by atoms with Gasteiger partial charge in [-0.2, -0.15) is 0 Å². The first kappa shape index (κ1) is 17.2. The van der Waals surface area contributed by atoms with E-state index in [-0.39, 0.29) is 23.4 Å². The van der Waals surface area contributed by atoms with Gasteiger partial charge >= 0.3 is 0 Å². The Morgan fingerprint density at radius 2 is 1.91 bits per heavy atom. The molecule has 0 heterocycles. The van der Waals surface area contributed by atoms with Crippen molar-refractivity contribution in [2.45, 2.75) is 71.5 Å². The predicted molar refractivity (Wildman–Crippen MR) is 91.8 cm³/mol. The van der Waals surface area contributed by atoms with Crippen molar-refractivity contribution in [3.63, 3.8) is 0 Å². The zero-order valence-corrected chi connectivity index (χ0v) is 14.8. The maximum atomic E-state index is 10.5. The van der Waals surface area contributed by atoms with Crippen molar-refractivity contribution in [1.29, 1.82) is 0 Å². The van der Waals surface area contributed by atoms with E-state index >= 15 is 0 Å². The molecule has 130 valence electrons. The molecule has 0 aliphatic heterocycles. The molecule has 3 nitrogen and oxygen atoms in total. The summed E-state index contributed by atoms with van der Waals surface area (Å²) in [5, 5.41) is 31.0. The van der Waals surface area contributed by atoms with Crippen molar-refractivity contribution in [3.05, 3.63) is 23.8 Å². The van der Waals surface area contributed by atoms with Crippen molar-refractivity contribution in [2.75, 3.05) is 6.61 Å². The number of fused-ring (bicyclic) bond motifs is 2. The van der Waals surface area contributed by atoms with Gasteiger partial charge in [0.05, 0.1) is 18.8 Å². The number of allylic oxidation sites excluding steroid dienone is 3. The molecular formula is C20H32O3. The third kappa shape index (κ3) is 2.35. The van der Waals surface area contributed by atoms with Crippen molar-refractivity contribution in [3.8, 4) is 0 Å². The van der Waals surface area contributed by atoms with Crippen LogP contribution in [0.3, 0.4) is 0 Å². The van der Waals surface area contributed by atoms with E-state index in [1.165, 1.54) is 5.57 Å². The van der Waals surface area contributed by atoms with E-state index in [0.29, 0.717) is 6.42 Å². The summed E-state index contributed by atoms with van der Waals surface area (Å²) < 4.78 is 0. The van der Waals surface area contributed by atoms with Crippen LogP contribution in [0.5, 0.6) is 0 Å². The standard InChI is InChI=1S/C20H32O3/c1-5-18(2)9-8-14-13(10-18)6-7-16-19(14,3)11-15(22)17(23)20(16,4)12-21/h5,15-17,21-23H,1,6-12H2,2-4H3/t15?,16-,17?,18-,19-,20+/m1/s1. The van der Waals surface area contributed by atoms with Gasteiger partial charge in [0.15, 0.2) is 0 Å². The van der Waals surface area contributed by atoms with E-state index in [4.69, 9.17) is 0 Å². The van der Waals surface area contributed by atoms with Crippen molar-refractivity contribution < 1.29 is 15.3 Å². The van der Waals surface area contributed by atoms with Crippen LogP contribution in [0.4, 0.5) is 0 Å². The third-order valence-corrected chi connectivity index (χ3v) is 7.49. The highest BCUT2D eigenvalue weighted by Gasteiger charge is 2.59. The van der Waals surface area contributed by atoms with E-state index in [0.717, 1.165) is 32.1 Å². The van der Waals surface area contributed by atoms with E-state index in [1.54, 1.807) is 5.57 Å². The summed E-state index contributed by atoms with van der Waals surface area (Å²) in [4.78, 5) is 0. The molecular weight excluding hydrogens is 288 g/mol. The summed E-state index contributed by atoms with van der Waals surface area (Å²) in [5.74, 6) is 0.227. The summed E-state index contributed by atoms with van der Waals surface area (Å²) >= 11 is 0. The second kappa shape index (κ2) is 5.44. The fourth-order valence-electron chi connectivity index (χ4n) is 5.94. The first-order chi connectivity index (χ1) is 10.7. The Bertz CT molecular complexity index is 539. The lowest BCUT2D eigenvalue weighted by Crippen LogP contribution is -2.60. The minimum atomic E-state index is -0.838. The van der Waals surface area contributed by atoms with Gasteiger partial charge in [0, 0.05) is 5.41 Å². The van der Waals surface area contributed by atoms with Crippen LogP contribution in [0, 0.1) is 22.2 Å². The molecule has 0 aromatic heterocycles. The molecule has 0 aromatic carbocycles. The van der Waals surface area contributed by atoms with Crippen molar-refractivity contribution in [2.24, 2.45) is 22.2 Å². The maximum Gasteiger partial charge on any atom is 0.0877 e. The summed E-state index contributed by atoms with van der Waals surface area (Å²) in [6.07, 6.45) is 6.38. The molecule has 0 aromatic rings. The summed E-state index contributed by atoms with van der Waals surface area (Å²) in [5.41, 5.74) is 2.51. The van der Waals surface area contributed by atoms with Gasteiger partial charge in [-0.3, -0.25) is 0 Å². The second-order valence-electron chi connectivity index (χ2n) is 9.01. The topological polar surface area (TPSA) is 60.7 Å². The third-order valence-electron chi connectivity index (χ3n) is 7.49. The van der Waals surface area contributed by atoms with Gasteiger partial charge in [-0.25, -0.2) is 0 Å². The summed E-state index contributed by atoms with van der Waals surface area (Å²) in [6, 6.07) is 0. The van der Waals surface area contributed by atoms with Crippen molar-refractivity contribution in [1.82, 2.24) is 0 Å². The van der Waals surface area contributed by atoms with Crippen LogP contribution in [-0.2, 0) is 0 Å². The zero-order valence-electron chi connectivity index (χ0n) is 14.8.